The van der Waals surface area contributed by atoms with Crippen molar-refractivity contribution in [1.82, 2.24) is 19.9 Å². The lowest BCUT2D eigenvalue weighted by Gasteiger charge is -2.12. The largest absolute Gasteiger partial charge is 0.435 e. The molecule has 0 aliphatic carbocycles. The summed E-state index contributed by atoms with van der Waals surface area (Å²) in [6, 6.07) is 53.5. The van der Waals surface area contributed by atoms with Crippen LogP contribution in [-0.4, -0.2) is 19.9 Å². The van der Waals surface area contributed by atoms with Crippen LogP contribution in [-0.2, 0) is 0 Å². The molecule has 0 spiro atoms. The van der Waals surface area contributed by atoms with Gasteiger partial charge >= 0.3 is 0 Å². The van der Waals surface area contributed by atoms with Gasteiger partial charge in [-0.1, -0.05) is 133 Å². The number of nitrogens with zero attached hydrogens (tertiary/aromatic N) is 4. The summed E-state index contributed by atoms with van der Waals surface area (Å²) in [6.07, 6.45) is 0. The smallest absolute Gasteiger partial charge is 0.227 e. The fourth-order valence-corrected chi connectivity index (χ4v) is 6.28. The molecule has 0 bridgehead atoms. The van der Waals surface area contributed by atoms with Gasteiger partial charge in [0.05, 0.1) is 0 Å². The summed E-state index contributed by atoms with van der Waals surface area (Å²) in [6.45, 7) is 0. The Morgan fingerprint density at radius 3 is 1.81 bits per heavy atom. The van der Waals surface area contributed by atoms with E-state index in [0.29, 0.717) is 28.9 Å². The van der Waals surface area contributed by atoms with Crippen LogP contribution in [0.15, 0.2) is 162 Å². The van der Waals surface area contributed by atoms with Crippen LogP contribution in [0, 0.1) is 0 Å². The highest BCUT2D eigenvalue weighted by molar-refractivity contribution is 6.10. The van der Waals surface area contributed by atoms with E-state index >= 15 is 0 Å². The van der Waals surface area contributed by atoms with E-state index in [2.05, 4.69) is 97.1 Å². The van der Waals surface area contributed by atoms with E-state index in [9.17, 15) is 0 Å². The predicted octanol–water partition coefficient (Wildman–Crippen LogP) is 10.7. The summed E-state index contributed by atoms with van der Waals surface area (Å²) in [7, 11) is 0. The molecule has 5 nitrogen and oxygen atoms in total. The topological polar surface area (TPSA) is 64.7 Å². The molecule has 0 aliphatic rings. The van der Waals surface area contributed by atoms with Crippen LogP contribution in [0.3, 0.4) is 0 Å². The maximum absolute atomic E-state index is 6.50. The van der Waals surface area contributed by atoms with Crippen molar-refractivity contribution in [2.45, 2.75) is 0 Å². The van der Waals surface area contributed by atoms with E-state index in [0.717, 1.165) is 60.4 Å². The predicted molar refractivity (Wildman–Crippen MR) is 190 cm³/mol. The van der Waals surface area contributed by atoms with Crippen LogP contribution in [0.25, 0.3) is 89.4 Å². The average molecular weight is 603 g/mol. The number of oxazole rings is 1. The van der Waals surface area contributed by atoms with Crippen molar-refractivity contribution < 1.29 is 4.42 Å². The third kappa shape index (κ3) is 4.82. The Bertz CT molecular complexity index is 2570. The van der Waals surface area contributed by atoms with E-state index in [1.54, 1.807) is 0 Å². The third-order valence-electron chi connectivity index (χ3n) is 8.55. The highest BCUT2D eigenvalue weighted by atomic mass is 16.3. The molecule has 0 saturated carbocycles. The van der Waals surface area contributed by atoms with Crippen LogP contribution in [0.2, 0.25) is 0 Å². The van der Waals surface area contributed by atoms with Gasteiger partial charge in [0.25, 0.3) is 0 Å². The van der Waals surface area contributed by atoms with E-state index in [-0.39, 0.29) is 0 Å². The number of fused-ring (bicyclic) bond motifs is 4. The quantitative estimate of drug-likeness (QED) is 0.196. The molecule has 0 N–H and O–H groups in total. The molecule has 47 heavy (non-hydrogen) atoms. The molecular weight excluding hydrogens is 576 g/mol. The molecule has 5 heteroatoms. The molecule has 220 valence electrons. The van der Waals surface area contributed by atoms with Crippen LogP contribution in [0.4, 0.5) is 0 Å². The Morgan fingerprint density at radius 1 is 0.383 bits per heavy atom. The Morgan fingerprint density at radius 2 is 0.979 bits per heavy atom. The van der Waals surface area contributed by atoms with Crippen molar-refractivity contribution in [2.75, 3.05) is 0 Å². The molecule has 7 aromatic carbocycles. The summed E-state index contributed by atoms with van der Waals surface area (Å²) in [4.78, 5) is 20.3. The number of benzene rings is 7. The van der Waals surface area contributed by atoms with Gasteiger partial charge in [-0.05, 0) is 51.6 Å². The summed E-state index contributed by atoms with van der Waals surface area (Å²) < 4.78 is 6.50. The van der Waals surface area contributed by atoms with Gasteiger partial charge in [-0.25, -0.2) is 19.9 Å². The number of aromatic nitrogens is 4. The zero-order valence-corrected chi connectivity index (χ0v) is 25.2. The van der Waals surface area contributed by atoms with Crippen molar-refractivity contribution in [3.8, 4) is 56.7 Å². The van der Waals surface area contributed by atoms with E-state index in [1.807, 2.05) is 60.7 Å². The second kappa shape index (κ2) is 11.2. The van der Waals surface area contributed by atoms with Crippen LogP contribution in [0.1, 0.15) is 0 Å². The SMILES string of the molecule is c1ccc(-c2cccc(-c3nc(-c4cccc5ccccc45)nc(-c4cccc5ccc6nc(-c7ccccc7)oc6c45)n3)c2)cc1. The molecule has 0 atom stereocenters. The average Bonchev–Trinajstić information content (AvgIpc) is 3.60. The molecule has 2 heterocycles. The molecule has 0 saturated heterocycles. The number of rotatable bonds is 5. The second-order valence-electron chi connectivity index (χ2n) is 11.5. The maximum Gasteiger partial charge on any atom is 0.227 e. The van der Waals surface area contributed by atoms with E-state index in [4.69, 9.17) is 24.4 Å². The van der Waals surface area contributed by atoms with Crippen LogP contribution < -0.4 is 0 Å². The second-order valence-corrected chi connectivity index (χ2v) is 11.5. The van der Waals surface area contributed by atoms with Gasteiger partial charge in [-0.15, -0.1) is 0 Å². The molecule has 9 rings (SSSR count). The Labute approximate surface area is 270 Å². The first-order chi connectivity index (χ1) is 23.3. The van der Waals surface area contributed by atoms with Crippen molar-refractivity contribution in [3.63, 3.8) is 0 Å². The van der Waals surface area contributed by atoms with Crippen LogP contribution in [0.5, 0.6) is 0 Å². The number of hydrogen-bond donors (Lipinski definition) is 0. The minimum atomic E-state index is 0.568. The molecule has 9 aromatic rings. The first-order valence-electron chi connectivity index (χ1n) is 15.6. The summed E-state index contributed by atoms with van der Waals surface area (Å²) in [5.74, 6) is 2.35. The van der Waals surface area contributed by atoms with E-state index in [1.165, 1.54) is 0 Å². The molecule has 0 aliphatic heterocycles. The van der Waals surface area contributed by atoms with Crippen molar-refractivity contribution >= 4 is 32.6 Å². The molecule has 0 radical (unpaired) electrons. The lowest BCUT2D eigenvalue weighted by atomic mass is 10.0. The van der Waals surface area contributed by atoms with Gasteiger partial charge in [0, 0.05) is 27.6 Å². The number of hydrogen-bond acceptors (Lipinski definition) is 5. The summed E-state index contributed by atoms with van der Waals surface area (Å²) in [5, 5.41) is 4.14. The third-order valence-corrected chi connectivity index (χ3v) is 8.55. The van der Waals surface area contributed by atoms with Crippen LogP contribution >= 0.6 is 0 Å². The Balaban J connectivity index is 1.30. The lowest BCUT2D eigenvalue weighted by molar-refractivity contribution is 0.623. The van der Waals surface area contributed by atoms with Crippen molar-refractivity contribution in [1.29, 1.82) is 0 Å². The molecule has 0 unspecified atom stereocenters. The maximum atomic E-state index is 6.50. The minimum absolute atomic E-state index is 0.568. The Kier molecular flexibility index (Phi) is 6.39. The van der Waals surface area contributed by atoms with Gasteiger partial charge in [0.15, 0.2) is 23.1 Å². The van der Waals surface area contributed by atoms with Gasteiger partial charge in [-0.3, -0.25) is 0 Å². The molecular formula is C42H26N4O. The standard InChI is InChI=1S/C42H26N4O/c1-3-12-27(13-4-1)31-19-9-20-32(26-31)39-44-40(34-22-10-17-28-14-7-8-21-33(28)34)46-41(45-39)35-23-11-18-29-24-25-36-38(37(29)35)47-42(43-36)30-15-5-2-6-16-30/h1-26H. The van der Waals surface area contributed by atoms with Gasteiger partial charge in [0.1, 0.15) is 5.52 Å². The van der Waals surface area contributed by atoms with E-state index < -0.39 is 0 Å². The highest BCUT2D eigenvalue weighted by Crippen LogP contribution is 2.37. The minimum Gasteiger partial charge on any atom is -0.435 e. The lowest BCUT2D eigenvalue weighted by Crippen LogP contribution is -2.01. The highest BCUT2D eigenvalue weighted by Gasteiger charge is 2.19. The molecule has 0 fully saturated rings. The molecule has 2 aromatic heterocycles. The summed E-state index contributed by atoms with van der Waals surface area (Å²) >= 11 is 0. The first kappa shape index (κ1) is 26.9. The molecule has 0 amide bonds. The fourth-order valence-electron chi connectivity index (χ4n) is 6.28. The normalized spacial score (nSPS) is 11.4. The zero-order chi connectivity index (χ0) is 31.2. The Hall–Kier alpha value is -6.46. The van der Waals surface area contributed by atoms with Gasteiger partial charge in [0.2, 0.25) is 5.89 Å². The van der Waals surface area contributed by atoms with Crippen molar-refractivity contribution in [3.05, 3.63) is 158 Å². The van der Waals surface area contributed by atoms with Crippen molar-refractivity contribution in [2.24, 2.45) is 0 Å². The monoisotopic (exact) mass is 602 g/mol. The summed E-state index contributed by atoms with van der Waals surface area (Å²) in [5.41, 5.74) is 7.35. The zero-order valence-electron chi connectivity index (χ0n) is 25.2. The van der Waals surface area contributed by atoms with Gasteiger partial charge in [-0.2, -0.15) is 0 Å². The van der Waals surface area contributed by atoms with Gasteiger partial charge < -0.3 is 4.42 Å². The first-order valence-corrected chi connectivity index (χ1v) is 15.6. The fraction of sp³-hybridized carbons (Fsp3) is 0.